The fraction of sp³-hybridized carbons (Fsp3) is 0.100. The molecule has 0 atom stereocenters. The largest absolute Gasteiger partial charge is 0.465 e. The summed E-state index contributed by atoms with van der Waals surface area (Å²) in [6, 6.07) is 3.50. The van der Waals surface area contributed by atoms with Crippen molar-refractivity contribution in [3.05, 3.63) is 36.1 Å². The maximum Gasteiger partial charge on any atom is 0.250 e. The number of carbonyl (C=O) groups excluding carboxylic acids is 1. The number of aromatic amines is 1. The van der Waals surface area contributed by atoms with Gasteiger partial charge in [0.05, 0.1) is 6.26 Å². The molecule has 2 aromatic heterocycles. The second kappa shape index (κ2) is 4.43. The topological polar surface area (TPSA) is 83.8 Å². The summed E-state index contributed by atoms with van der Waals surface area (Å²) < 4.78 is 5.03. The van der Waals surface area contributed by atoms with Gasteiger partial charge in [-0.05, 0) is 25.1 Å². The molecule has 2 N–H and O–H groups in total. The quantitative estimate of drug-likeness (QED) is 0.762. The highest BCUT2D eigenvalue weighted by molar-refractivity contribution is 6.00. The van der Waals surface area contributed by atoms with E-state index in [-0.39, 0.29) is 11.9 Å². The van der Waals surface area contributed by atoms with E-state index < -0.39 is 0 Å². The van der Waals surface area contributed by atoms with Gasteiger partial charge in [0, 0.05) is 6.08 Å². The van der Waals surface area contributed by atoms with Gasteiger partial charge in [-0.1, -0.05) is 0 Å². The Balaban J connectivity index is 1.94. The van der Waals surface area contributed by atoms with E-state index in [0.29, 0.717) is 11.6 Å². The molecule has 6 heteroatoms. The highest BCUT2D eigenvalue weighted by Crippen LogP contribution is 2.03. The van der Waals surface area contributed by atoms with E-state index in [1.54, 1.807) is 25.1 Å². The predicted octanol–water partition coefficient (Wildman–Crippen LogP) is 1.36. The molecule has 6 nitrogen and oxygen atoms in total. The van der Waals surface area contributed by atoms with Crippen LogP contribution in [0.2, 0.25) is 0 Å². The summed E-state index contributed by atoms with van der Waals surface area (Å²) in [5.74, 6) is 1.20. The molecule has 0 aliphatic heterocycles. The lowest BCUT2D eigenvalue weighted by atomic mass is 10.4. The van der Waals surface area contributed by atoms with Crippen LogP contribution in [0.25, 0.3) is 6.08 Å². The van der Waals surface area contributed by atoms with Crippen molar-refractivity contribution in [2.75, 3.05) is 5.32 Å². The average Bonchev–Trinajstić information content (AvgIpc) is 2.87. The first-order chi connectivity index (χ1) is 7.74. The second-order valence-corrected chi connectivity index (χ2v) is 3.08. The Hall–Kier alpha value is -2.37. The molecule has 2 heterocycles. The van der Waals surface area contributed by atoms with E-state index in [1.165, 1.54) is 12.3 Å². The summed E-state index contributed by atoms with van der Waals surface area (Å²) in [5, 5.41) is 8.90. The van der Waals surface area contributed by atoms with Crippen molar-refractivity contribution < 1.29 is 9.21 Å². The van der Waals surface area contributed by atoms with Crippen molar-refractivity contribution >= 4 is 17.9 Å². The van der Waals surface area contributed by atoms with E-state index in [9.17, 15) is 4.79 Å². The summed E-state index contributed by atoms with van der Waals surface area (Å²) in [7, 11) is 0. The Morgan fingerprint density at radius 3 is 3.12 bits per heavy atom. The van der Waals surface area contributed by atoms with Crippen LogP contribution in [0.5, 0.6) is 0 Å². The van der Waals surface area contributed by atoms with Gasteiger partial charge in [-0.2, -0.15) is 4.98 Å². The Labute approximate surface area is 91.4 Å². The number of carbonyl (C=O) groups is 1. The first-order valence-corrected chi connectivity index (χ1v) is 4.65. The Morgan fingerprint density at radius 2 is 2.50 bits per heavy atom. The highest BCUT2D eigenvalue weighted by Gasteiger charge is 2.02. The second-order valence-electron chi connectivity index (χ2n) is 3.08. The van der Waals surface area contributed by atoms with Crippen LogP contribution in [0.3, 0.4) is 0 Å². The fourth-order valence-corrected chi connectivity index (χ4v) is 1.09. The zero-order chi connectivity index (χ0) is 11.4. The molecule has 1 amide bonds. The fourth-order valence-electron chi connectivity index (χ4n) is 1.09. The van der Waals surface area contributed by atoms with Gasteiger partial charge in [0.1, 0.15) is 11.6 Å². The summed E-state index contributed by atoms with van der Waals surface area (Å²) in [4.78, 5) is 15.3. The molecule has 0 aromatic carbocycles. The molecule has 0 spiro atoms. The van der Waals surface area contributed by atoms with Crippen LogP contribution in [0, 0.1) is 6.92 Å². The van der Waals surface area contributed by atoms with Gasteiger partial charge in [-0.15, -0.1) is 5.10 Å². The molecule has 0 aliphatic carbocycles. The minimum atomic E-state index is -0.310. The number of aryl methyl sites for hydroxylation is 1. The molecule has 0 unspecified atom stereocenters. The van der Waals surface area contributed by atoms with Gasteiger partial charge >= 0.3 is 0 Å². The molecule has 0 fully saturated rings. The summed E-state index contributed by atoms with van der Waals surface area (Å²) in [5.41, 5.74) is 0. The molecule has 0 bridgehead atoms. The minimum absolute atomic E-state index is 0.256. The lowest BCUT2D eigenvalue weighted by molar-refractivity contribution is -0.111. The zero-order valence-corrected chi connectivity index (χ0v) is 8.60. The van der Waals surface area contributed by atoms with Gasteiger partial charge in [-0.25, -0.2) is 0 Å². The van der Waals surface area contributed by atoms with Crippen LogP contribution in [0.15, 0.2) is 28.9 Å². The molecule has 82 valence electrons. The Morgan fingerprint density at radius 1 is 1.62 bits per heavy atom. The maximum atomic E-state index is 11.4. The maximum absolute atomic E-state index is 11.4. The summed E-state index contributed by atoms with van der Waals surface area (Å²) in [6.07, 6.45) is 4.45. The number of aromatic nitrogens is 3. The molecular formula is C10H10N4O2. The smallest absolute Gasteiger partial charge is 0.250 e. The van der Waals surface area contributed by atoms with Gasteiger partial charge < -0.3 is 4.42 Å². The molecule has 2 aromatic rings. The Bertz CT molecular complexity index is 499. The molecular weight excluding hydrogens is 208 g/mol. The van der Waals surface area contributed by atoms with Crippen LogP contribution in [-0.4, -0.2) is 21.1 Å². The minimum Gasteiger partial charge on any atom is -0.465 e. The zero-order valence-electron chi connectivity index (χ0n) is 8.60. The van der Waals surface area contributed by atoms with E-state index >= 15 is 0 Å². The number of furan rings is 1. The van der Waals surface area contributed by atoms with Gasteiger partial charge in [0.15, 0.2) is 0 Å². The number of hydrogen-bond donors (Lipinski definition) is 2. The van der Waals surface area contributed by atoms with Crippen LogP contribution in [0.1, 0.15) is 11.6 Å². The van der Waals surface area contributed by atoms with Crippen molar-refractivity contribution in [1.82, 2.24) is 15.2 Å². The van der Waals surface area contributed by atoms with E-state index in [4.69, 9.17) is 4.42 Å². The van der Waals surface area contributed by atoms with Gasteiger partial charge in [0.2, 0.25) is 5.95 Å². The average molecular weight is 218 g/mol. The third kappa shape index (κ3) is 2.57. The van der Waals surface area contributed by atoms with Gasteiger partial charge in [-0.3, -0.25) is 15.2 Å². The number of hydrogen-bond acceptors (Lipinski definition) is 4. The molecule has 2 rings (SSSR count). The Kier molecular flexibility index (Phi) is 2.81. The summed E-state index contributed by atoms with van der Waals surface area (Å²) >= 11 is 0. The summed E-state index contributed by atoms with van der Waals surface area (Å²) in [6.45, 7) is 1.75. The monoisotopic (exact) mass is 218 g/mol. The molecule has 0 aliphatic rings. The normalized spacial score (nSPS) is 10.8. The number of anilines is 1. The first kappa shape index (κ1) is 10.2. The number of amides is 1. The van der Waals surface area contributed by atoms with Crippen molar-refractivity contribution in [2.45, 2.75) is 6.92 Å². The van der Waals surface area contributed by atoms with Crippen LogP contribution in [0.4, 0.5) is 5.95 Å². The third-order valence-corrected chi connectivity index (χ3v) is 1.77. The lowest BCUT2D eigenvalue weighted by Crippen LogP contribution is -2.08. The van der Waals surface area contributed by atoms with Crippen LogP contribution in [-0.2, 0) is 4.79 Å². The van der Waals surface area contributed by atoms with Crippen molar-refractivity contribution in [2.24, 2.45) is 0 Å². The standard InChI is InChI=1S/C10H10N4O2/c1-7-11-10(14-13-7)12-9(15)5-4-8-3-2-6-16-8/h2-6H,1H3,(H2,11,12,13,14,15)/b5-4+. The van der Waals surface area contributed by atoms with Crippen molar-refractivity contribution in [3.63, 3.8) is 0 Å². The third-order valence-electron chi connectivity index (χ3n) is 1.77. The van der Waals surface area contributed by atoms with Crippen molar-refractivity contribution in [1.29, 1.82) is 0 Å². The van der Waals surface area contributed by atoms with Crippen LogP contribution >= 0.6 is 0 Å². The highest BCUT2D eigenvalue weighted by atomic mass is 16.3. The number of H-pyrrole nitrogens is 1. The number of nitrogens with one attached hydrogen (secondary N) is 2. The first-order valence-electron chi connectivity index (χ1n) is 4.65. The molecule has 0 saturated carbocycles. The lowest BCUT2D eigenvalue weighted by Gasteiger charge is -1.92. The van der Waals surface area contributed by atoms with E-state index in [0.717, 1.165) is 0 Å². The number of rotatable bonds is 3. The van der Waals surface area contributed by atoms with Gasteiger partial charge in [0.25, 0.3) is 5.91 Å². The van der Waals surface area contributed by atoms with E-state index in [1.807, 2.05) is 0 Å². The number of nitrogens with zero attached hydrogens (tertiary/aromatic N) is 2. The molecule has 0 radical (unpaired) electrons. The predicted molar refractivity (Wildman–Crippen MR) is 57.5 cm³/mol. The van der Waals surface area contributed by atoms with E-state index in [2.05, 4.69) is 20.5 Å². The van der Waals surface area contributed by atoms with Crippen molar-refractivity contribution in [3.8, 4) is 0 Å². The van der Waals surface area contributed by atoms with Crippen LogP contribution < -0.4 is 5.32 Å². The SMILES string of the molecule is Cc1nc(NC(=O)/C=C/c2ccco2)n[nH]1. The molecule has 0 saturated heterocycles. The molecule has 16 heavy (non-hydrogen) atoms.